The molecular weight excluding hydrogens is 281 g/mol. The number of rotatable bonds is 5. The molecule has 2 rings (SSSR count). The molecule has 0 bridgehead atoms. The van der Waals surface area contributed by atoms with Crippen molar-refractivity contribution in [1.82, 2.24) is 0 Å². The Labute approximate surface area is 123 Å². The summed E-state index contributed by atoms with van der Waals surface area (Å²) in [5.41, 5.74) is 7.85. The van der Waals surface area contributed by atoms with Crippen molar-refractivity contribution >= 4 is 23.2 Å². The zero-order valence-electron chi connectivity index (χ0n) is 10.4. The Morgan fingerprint density at radius 3 is 1.95 bits per heavy atom. The summed E-state index contributed by atoms with van der Waals surface area (Å²) >= 11 is 11.7. The standard InChI is InChI=1S/C15H15Cl2NO/c16-13-5-1-11(2-6-13)10-19-15(9-18)12-3-7-14(17)8-4-12/h1-8,15H,9-10,18H2. The van der Waals surface area contributed by atoms with Crippen LogP contribution < -0.4 is 5.73 Å². The lowest BCUT2D eigenvalue weighted by Crippen LogP contribution is -2.15. The molecule has 0 aliphatic rings. The number of hydrogen-bond donors (Lipinski definition) is 1. The summed E-state index contributed by atoms with van der Waals surface area (Å²) in [4.78, 5) is 0. The van der Waals surface area contributed by atoms with Crippen LogP contribution in [0.15, 0.2) is 48.5 Å². The minimum atomic E-state index is -0.132. The van der Waals surface area contributed by atoms with Crippen LogP contribution in [0.3, 0.4) is 0 Å². The highest BCUT2D eigenvalue weighted by atomic mass is 35.5. The number of benzene rings is 2. The highest BCUT2D eigenvalue weighted by Crippen LogP contribution is 2.20. The molecule has 2 nitrogen and oxygen atoms in total. The van der Waals surface area contributed by atoms with E-state index >= 15 is 0 Å². The summed E-state index contributed by atoms with van der Waals surface area (Å²) in [6.07, 6.45) is -0.132. The molecule has 1 atom stereocenters. The third-order valence-corrected chi connectivity index (χ3v) is 3.32. The summed E-state index contributed by atoms with van der Waals surface area (Å²) in [7, 11) is 0. The summed E-state index contributed by atoms with van der Waals surface area (Å²) < 4.78 is 5.83. The van der Waals surface area contributed by atoms with Crippen LogP contribution in [0, 0.1) is 0 Å². The predicted octanol–water partition coefficient (Wildman–Crippen LogP) is 4.21. The predicted molar refractivity (Wildman–Crippen MR) is 79.5 cm³/mol. The van der Waals surface area contributed by atoms with Crippen LogP contribution in [-0.4, -0.2) is 6.54 Å². The van der Waals surface area contributed by atoms with E-state index in [1.165, 1.54) is 0 Å². The number of nitrogens with two attached hydrogens (primary N) is 1. The average Bonchev–Trinajstić information content (AvgIpc) is 2.43. The number of halogens is 2. The maximum absolute atomic E-state index is 5.86. The zero-order chi connectivity index (χ0) is 13.7. The van der Waals surface area contributed by atoms with Crippen LogP contribution in [0.2, 0.25) is 10.0 Å². The summed E-state index contributed by atoms with van der Waals surface area (Å²) in [5, 5.41) is 1.43. The van der Waals surface area contributed by atoms with Gasteiger partial charge in [0, 0.05) is 16.6 Å². The molecule has 0 fully saturated rings. The first-order chi connectivity index (χ1) is 9.19. The third kappa shape index (κ3) is 4.22. The van der Waals surface area contributed by atoms with Crippen molar-refractivity contribution in [2.75, 3.05) is 6.54 Å². The van der Waals surface area contributed by atoms with Crippen LogP contribution in [0.25, 0.3) is 0 Å². The van der Waals surface area contributed by atoms with Gasteiger partial charge in [0.25, 0.3) is 0 Å². The van der Waals surface area contributed by atoms with Gasteiger partial charge in [0.1, 0.15) is 0 Å². The van der Waals surface area contributed by atoms with Crippen LogP contribution in [-0.2, 0) is 11.3 Å². The molecule has 0 spiro atoms. The van der Waals surface area contributed by atoms with Crippen molar-refractivity contribution < 1.29 is 4.74 Å². The molecule has 0 aliphatic heterocycles. The summed E-state index contributed by atoms with van der Waals surface area (Å²) in [6.45, 7) is 0.927. The second kappa shape index (κ2) is 6.92. The van der Waals surface area contributed by atoms with Crippen molar-refractivity contribution in [2.45, 2.75) is 12.7 Å². The van der Waals surface area contributed by atoms with Gasteiger partial charge in [-0.3, -0.25) is 0 Å². The molecule has 19 heavy (non-hydrogen) atoms. The fourth-order valence-electron chi connectivity index (χ4n) is 1.76. The molecular formula is C15H15Cl2NO. The summed E-state index contributed by atoms with van der Waals surface area (Å²) in [6, 6.07) is 15.1. The zero-order valence-corrected chi connectivity index (χ0v) is 11.9. The maximum atomic E-state index is 5.86. The quantitative estimate of drug-likeness (QED) is 0.897. The molecule has 2 aromatic rings. The van der Waals surface area contributed by atoms with Gasteiger partial charge in [-0.15, -0.1) is 0 Å². The Bertz CT molecular complexity index is 511. The van der Waals surface area contributed by atoms with E-state index in [1.807, 2.05) is 48.5 Å². The number of ether oxygens (including phenoxy) is 1. The van der Waals surface area contributed by atoms with E-state index in [0.717, 1.165) is 16.1 Å². The largest absolute Gasteiger partial charge is 0.368 e. The van der Waals surface area contributed by atoms with Gasteiger partial charge >= 0.3 is 0 Å². The Morgan fingerprint density at radius 2 is 1.42 bits per heavy atom. The Kier molecular flexibility index (Phi) is 5.23. The first-order valence-electron chi connectivity index (χ1n) is 6.00. The van der Waals surface area contributed by atoms with Crippen molar-refractivity contribution in [2.24, 2.45) is 5.73 Å². The first-order valence-corrected chi connectivity index (χ1v) is 6.76. The van der Waals surface area contributed by atoms with Gasteiger partial charge < -0.3 is 10.5 Å². The molecule has 4 heteroatoms. The lowest BCUT2D eigenvalue weighted by molar-refractivity contribution is 0.0456. The summed E-state index contributed by atoms with van der Waals surface area (Å²) in [5.74, 6) is 0. The fraction of sp³-hybridized carbons (Fsp3) is 0.200. The van der Waals surface area contributed by atoms with Gasteiger partial charge in [-0.1, -0.05) is 47.5 Å². The molecule has 0 aliphatic carbocycles. The van der Waals surface area contributed by atoms with E-state index in [1.54, 1.807) is 0 Å². The van der Waals surface area contributed by atoms with Crippen molar-refractivity contribution in [3.63, 3.8) is 0 Å². The van der Waals surface area contributed by atoms with E-state index in [0.29, 0.717) is 18.2 Å². The Balaban J connectivity index is 1.99. The molecule has 1 unspecified atom stereocenters. The van der Waals surface area contributed by atoms with Crippen LogP contribution in [0.5, 0.6) is 0 Å². The van der Waals surface area contributed by atoms with E-state index in [4.69, 9.17) is 33.7 Å². The molecule has 0 aromatic heterocycles. The Hall–Kier alpha value is -1.06. The second-order valence-electron chi connectivity index (χ2n) is 4.21. The molecule has 2 N–H and O–H groups in total. The minimum Gasteiger partial charge on any atom is -0.368 e. The van der Waals surface area contributed by atoms with Crippen molar-refractivity contribution in [1.29, 1.82) is 0 Å². The topological polar surface area (TPSA) is 35.2 Å². The van der Waals surface area contributed by atoms with Crippen LogP contribution >= 0.6 is 23.2 Å². The van der Waals surface area contributed by atoms with Crippen LogP contribution in [0.1, 0.15) is 17.2 Å². The van der Waals surface area contributed by atoms with E-state index in [-0.39, 0.29) is 6.10 Å². The number of hydrogen-bond acceptors (Lipinski definition) is 2. The average molecular weight is 296 g/mol. The van der Waals surface area contributed by atoms with Gasteiger partial charge in [0.2, 0.25) is 0 Å². The molecule has 0 saturated carbocycles. The van der Waals surface area contributed by atoms with E-state index in [2.05, 4.69) is 0 Å². The van der Waals surface area contributed by atoms with Crippen LogP contribution in [0.4, 0.5) is 0 Å². The van der Waals surface area contributed by atoms with Gasteiger partial charge in [-0.05, 0) is 35.4 Å². The molecule has 100 valence electrons. The molecule has 0 amide bonds. The van der Waals surface area contributed by atoms with Gasteiger partial charge in [0.15, 0.2) is 0 Å². The highest BCUT2D eigenvalue weighted by Gasteiger charge is 2.10. The van der Waals surface area contributed by atoms with E-state index < -0.39 is 0 Å². The monoisotopic (exact) mass is 295 g/mol. The maximum Gasteiger partial charge on any atom is 0.0951 e. The lowest BCUT2D eigenvalue weighted by Gasteiger charge is -2.16. The second-order valence-corrected chi connectivity index (χ2v) is 5.09. The van der Waals surface area contributed by atoms with Crippen molar-refractivity contribution in [3.05, 3.63) is 69.7 Å². The fourth-order valence-corrected chi connectivity index (χ4v) is 2.01. The van der Waals surface area contributed by atoms with Gasteiger partial charge in [-0.25, -0.2) is 0 Å². The smallest absolute Gasteiger partial charge is 0.0951 e. The highest BCUT2D eigenvalue weighted by molar-refractivity contribution is 6.30. The minimum absolute atomic E-state index is 0.132. The van der Waals surface area contributed by atoms with Crippen molar-refractivity contribution in [3.8, 4) is 0 Å². The molecule has 0 heterocycles. The normalized spacial score (nSPS) is 12.4. The molecule has 0 radical (unpaired) electrons. The first kappa shape index (κ1) is 14.4. The van der Waals surface area contributed by atoms with Gasteiger partial charge in [0.05, 0.1) is 12.7 Å². The third-order valence-electron chi connectivity index (χ3n) is 2.82. The van der Waals surface area contributed by atoms with Gasteiger partial charge in [-0.2, -0.15) is 0 Å². The SMILES string of the molecule is NCC(OCc1ccc(Cl)cc1)c1ccc(Cl)cc1. The lowest BCUT2D eigenvalue weighted by atomic mass is 10.1. The molecule has 0 saturated heterocycles. The van der Waals surface area contributed by atoms with E-state index in [9.17, 15) is 0 Å². The molecule has 2 aromatic carbocycles. The Morgan fingerprint density at radius 1 is 0.895 bits per heavy atom.